The van der Waals surface area contributed by atoms with Gasteiger partial charge in [-0.3, -0.25) is 9.48 Å². The second-order valence-electron chi connectivity index (χ2n) is 5.26. The maximum atomic E-state index is 12.0. The van der Waals surface area contributed by atoms with Crippen LogP contribution in [0.1, 0.15) is 0 Å². The molecule has 122 valence electrons. The van der Waals surface area contributed by atoms with Gasteiger partial charge in [-0.1, -0.05) is 6.07 Å². The Hall–Kier alpha value is -3.36. The van der Waals surface area contributed by atoms with Gasteiger partial charge in [-0.15, -0.1) is 5.10 Å². The van der Waals surface area contributed by atoms with E-state index in [-0.39, 0.29) is 19.2 Å². The molecule has 4 rings (SSSR count). The number of rotatable bonds is 4. The number of amides is 1. The van der Waals surface area contributed by atoms with Gasteiger partial charge >= 0.3 is 0 Å². The summed E-state index contributed by atoms with van der Waals surface area (Å²) < 4.78 is 12.2. The number of nitrogens with zero attached hydrogens (tertiary/aromatic N) is 5. The number of carbonyl (C=O) groups excluding carboxylic acids is 1. The van der Waals surface area contributed by atoms with Gasteiger partial charge in [-0.2, -0.15) is 15.0 Å². The molecule has 0 radical (unpaired) electrons. The first-order valence-corrected chi connectivity index (χ1v) is 7.26. The first-order valence-electron chi connectivity index (χ1n) is 7.26. The van der Waals surface area contributed by atoms with E-state index in [0.29, 0.717) is 11.6 Å². The maximum Gasteiger partial charge on any atom is 0.247 e. The number of aromatic nitrogens is 5. The van der Waals surface area contributed by atoms with Gasteiger partial charge in [0.25, 0.3) is 0 Å². The molecule has 24 heavy (non-hydrogen) atoms. The minimum absolute atomic E-state index is 0.0845. The third-order valence-corrected chi connectivity index (χ3v) is 3.51. The molecule has 2 aromatic heterocycles. The van der Waals surface area contributed by atoms with Crippen molar-refractivity contribution in [3.8, 4) is 22.6 Å². The second-order valence-corrected chi connectivity index (χ2v) is 5.26. The number of fused-ring (bicyclic) bond motifs is 1. The van der Waals surface area contributed by atoms with E-state index in [9.17, 15) is 4.79 Å². The van der Waals surface area contributed by atoms with Crippen molar-refractivity contribution >= 4 is 11.7 Å². The molecule has 0 bridgehead atoms. The summed E-state index contributed by atoms with van der Waals surface area (Å²) in [6, 6.07) is 5.67. The zero-order valence-electron chi connectivity index (χ0n) is 12.8. The van der Waals surface area contributed by atoms with Crippen molar-refractivity contribution in [1.82, 2.24) is 24.8 Å². The molecule has 1 amide bonds. The van der Waals surface area contributed by atoms with Crippen LogP contribution in [-0.4, -0.2) is 37.5 Å². The van der Waals surface area contributed by atoms with Gasteiger partial charge in [0.15, 0.2) is 17.3 Å². The lowest BCUT2D eigenvalue weighted by atomic mass is 10.1. The Balaban J connectivity index is 1.45. The largest absolute Gasteiger partial charge is 0.454 e. The number of anilines is 1. The van der Waals surface area contributed by atoms with Gasteiger partial charge < -0.3 is 14.8 Å². The SMILES string of the molecule is Cn1ncc(NC(=O)Cn2cc(-c3ccc4c(c3)OCO4)cn2)n1. The van der Waals surface area contributed by atoms with Crippen LogP contribution in [0.5, 0.6) is 11.5 Å². The normalized spacial score (nSPS) is 12.4. The molecule has 0 atom stereocenters. The highest BCUT2D eigenvalue weighted by molar-refractivity contribution is 5.89. The summed E-state index contributed by atoms with van der Waals surface area (Å²) >= 11 is 0. The summed E-state index contributed by atoms with van der Waals surface area (Å²) in [7, 11) is 1.68. The lowest BCUT2D eigenvalue weighted by Gasteiger charge is -2.02. The van der Waals surface area contributed by atoms with Crippen molar-refractivity contribution < 1.29 is 14.3 Å². The predicted molar refractivity (Wildman–Crippen MR) is 83.4 cm³/mol. The van der Waals surface area contributed by atoms with Crippen LogP contribution in [0.3, 0.4) is 0 Å². The number of benzene rings is 1. The Labute approximate surface area is 136 Å². The Bertz CT molecular complexity index is 900. The number of aryl methyl sites for hydroxylation is 1. The van der Waals surface area contributed by atoms with Crippen LogP contribution < -0.4 is 14.8 Å². The molecule has 1 aliphatic rings. The molecular weight excluding hydrogens is 312 g/mol. The molecule has 1 aliphatic heterocycles. The van der Waals surface area contributed by atoms with Gasteiger partial charge in [0.05, 0.1) is 12.4 Å². The van der Waals surface area contributed by atoms with Crippen LogP contribution >= 0.6 is 0 Å². The summed E-state index contributed by atoms with van der Waals surface area (Å²) in [5.74, 6) is 1.62. The maximum absolute atomic E-state index is 12.0. The average molecular weight is 326 g/mol. The van der Waals surface area contributed by atoms with E-state index in [1.54, 1.807) is 24.1 Å². The summed E-state index contributed by atoms with van der Waals surface area (Å²) in [5.41, 5.74) is 1.83. The Morgan fingerprint density at radius 3 is 2.92 bits per heavy atom. The highest BCUT2D eigenvalue weighted by atomic mass is 16.7. The quantitative estimate of drug-likeness (QED) is 0.770. The summed E-state index contributed by atoms with van der Waals surface area (Å²) in [5, 5.41) is 14.8. The lowest BCUT2D eigenvalue weighted by molar-refractivity contribution is -0.116. The molecule has 0 fully saturated rings. The third-order valence-electron chi connectivity index (χ3n) is 3.51. The summed E-state index contributed by atoms with van der Waals surface area (Å²) in [6.07, 6.45) is 4.99. The van der Waals surface area contributed by atoms with Crippen molar-refractivity contribution in [2.24, 2.45) is 7.05 Å². The van der Waals surface area contributed by atoms with Crippen molar-refractivity contribution in [3.63, 3.8) is 0 Å². The fraction of sp³-hybridized carbons (Fsp3) is 0.200. The first-order chi connectivity index (χ1) is 11.7. The van der Waals surface area contributed by atoms with E-state index in [1.165, 1.54) is 11.0 Å². The molecule has 0 saturated heterocycles. The number of ether oxygens (including phenoxy) is 2. The van der Waals surface area contributed by atoms with Gasteiger partial charge in [0.2, 0.25) is 12.7 Å². The lowest BCUT2D eigenvalue weighted by Crippen LogP contribution is -2.19. The first kappa shape index (κ1) is 14.2. The van der Waals surface area contributed by atoms with Gasteiger partial charge in [-0.05, 0) is 17.7 Å². The fourth-order valence-corrected chi connectivity index (χ4v) is 2.41. The molecule has 1 N–H and O–H groups in total. The Kier molecular flexibility index (Phi) is 3.38. The number of hydrogen-bond acceptors (Lipinski definition) is 6. The fourth-order valence-electron chi connectivity index (χ4n) is 2.41. The van der Waals surface area contributed by atoms with Crippen LogP contribution in [0.2, 0.25) is 0 Å². The number of hydrogen-bond donors (Lipinski definition) is 1. The standard InChI is InChI=1S/C15H14N6O3/c1-20-16-6-14(19-20)18-15(22)8-21-7-11(5-17-21)10-2-3-12-13(4-10)24-9-23-12/h2-7H,8-9H2,1H3,(H,18,19,22). The highest BCUT2D eigenvalue weighted by Gasteiger charge is 2.15. The van der Waals surface area contributed by atoms with Crippen LogP contribution in [-0.2, 0) is 18.4 Å². The zero-order chi connectivity index (χ0) is 16.5. The Morgan fingerprint density at radius 1 is 1.21 bits per heavy atom. The van der Waals surface area contributed by atoms with E-state index < -0.39 is 0 Å². The van der Waals surface area contributed by atoms with Crippen molar-refractivity contribution in [3.05, 3.63) is 36.8 Å². The van der Waals surface area contributed by atoms with Crippen molar-refractivity contribution in [2.45, 2.75) is 6.54 Å². The third kappa shape index (κ3) is 2.78. The molecule has 0 aliphatic carbocycles. The Morgan fingerprint density at radius 2 is 2.08 bits per heavy atom. The molecule has 3 aromatic rings. The van der Waals surface area contributed by atoms with Crippen molar-refractivity contribution in [1.29, 1.82) is 0 Å². The average Bonchev–Trinajstić information content (AvgIpc) is 3.27. The molecule has 0 saturated carbocycles. The minimum atomic E-state index is -0.226. The smallest absolute Gasteiger partial charge is 0.247 e. The van der Waals surface area contributed by atoms with Crippen LogP contribution in [0.25, 0.3) is 11.1 Å². The van der Waals surface area contributed by atoms with Crippen molar-refractivity contribution in [2.75, 3.05) is 12.1 Å². The van der Waals surface area contributed by atoms with Gasteiger partial charge in [0, 0.05) is 18.8 Å². The topological polar surface area (TPSA) is 96.1 Å². The monoisotopic (exact) mass is 326 g/mol. The van der Waals surface area contributed by atoms with E-state index >= 15 is 0 Å². The van der Waals surface area contributed by atoms with Crippen LogP contribution in [0, 0.1) is 0 Å². The van der Waals surface area contributed by atoms with E-state index in [0.717, 1.165) is 16.9 Å². The minimum Gasteiger partial charge on any atom is -0.454 e. The summed E-state index contributed by atoms with van der Waals surface area (Å²) in [6.45, 7) is 0.321. The molecule has 1 aromatic carbocycles. The molecule has 3 heterocycles. The predicted octanol–water partition coefficient (Wildman–Crippen LogP) is 1.05. The number of nitrogens with one attached hydrogen (secondary N) is 1. The molecule has 0 unspecified atom stereocenters. The molecule has 9 heteroatoms. The zero-order valence-corrected chi connectivity index (χ0v) is 12.8. The van der Waals surface area contributed by atoms with E-state index in [4.69, 9.17) is 9.47 Å². The van der Waals surface area contributed by atoms with Crippen LogP contribution in [0.4, 0.5) is 5.82 Å². The highest BCUT2D eigenvalue weighted by Crippen LogP contribution is 2.35. The number of carbonyl (C=O) groups is 1. The van der Waals surface area contributed by atoms with Gasteiger partial charge in [0.1, 0.15) is 6.54 Å². The van der Waals surface area contributed by atoms with E-state index in [2.05, 4.69) is 20.6 Å². The van der Waals surface area contributed by atoms with E-state index in [1.807, 2.05) is 18.2 Å². The second kappa shape index (κ2) is 5.69. The summed E-state index contributed by atoms with van der Waals surface area (Å²) in [4.78, 5) is 13.4. The molecular formula is C15H14N6O3. The molecule has 9 nitrogen and oxygen atoms in total. The van der Waals surface area contributed by atoms with Gasteiger partial charge in [-0.25, -0.2) is 0 Å². The van der Waals surface area contributed by atoms with Crippen LogP contribution in [0.15, 0.2) is 36.8 Å². The molecule has 0 spiro atoms.